The van der Waals surface area contributed by atoms with Gasteiger partial charge in [-0.3, -0.25) is 4.79 Å². The van der Waals surface area contributed by atoms with Crippen LogP contribution in [0.25, 0.3) is 0 Å². The molecule has 7 atom stereocenters. The molecule has 5 aliphatic carbocycles. The molecule has 0 bridgehead atoms. The van der Waals surface area contributed by atoms with Gasteiger partial charge in [0.1, 0.15) is 5.60 Å². The van der Waals surface area contributed by atoms with E-state index < -0.39 is 5.60 Å². The Balaban J connectivity index is 1.58. The fraction of sp³-hybridized carbons (Fsp3) is 0.552. The van der Waals surface area contributed by atoms with Gasteiger partial charge in [-0.15, -0.1) is 6.42 Å². The smallest absolute Gasteiger partial charge is 0.178 e. The summed E-state index contributed by atoms with van der Waals surface area (Å²) in [7, 11) is 0. The Kier molecular flexibility index (Phi) is 3.93. The van der Waals surface area contributed by atoms with E-state index >= 15 is 0 Å². The molecule has 31 heavy (non-hydrogen) atoms. The first kappa shape index (κ1) is 19.6. The molecule has 3 saturated carbocycles. The highest BCUT2D eigenvalue weighted by molar-refractivity contribution is 6.01. The number of ketones is 1. The van der Waals surface area contributed by atoms with Gasteiger partial charge in [-0.1, -0.05) is 49.6 Å². The van der Waals surface area contributed by atoms with Crippen LogP contribution in [0, 0.1) is 40.9 Å². The van der Waals surface area contributed by atoms with Crippen LogP contribution in [0.5, 0.6) is 0 Å². The molecule has 1 N–H and O–H groups in total. The number of benzene rings is 1. The van der Waals surface area contributed by atoms with Gasteiger partial charge in [0.15, 0.2) is 5.78 Å². The van der Waals surface area contributed by atoms with Gasteiger partial charge in [-0.2, -0.15) is 0 Å². The van der Waals surface area contributed by atoms with E-state index in [0.29, 0.717) is 30.1 Å². The average molecular weight is 413 g/mol. The second kappa shape index (κ2) is 6.23. The molecular formula is C29H32O2. The van der Waals surface area contributed by atoms with Gasteiger partial charge in [0.25, 0.3) is 0 Å². The Bertz CT molecular complexity index is 1090. The molecule has 0 heterocycles. The van der Waals surface area contributed by atoms with Crippen molar-refractivity contribution in [3.8, 4) is 12.3 Å². The van der Waals surface area contributed by atoms with Crippen molar-refractivity contribution in [1.82, 2.24) is 0 Å². The van der Waals surface area contributed by atoms with E-state index in [1.807, 2.05) is 12.2 Å². The summed E-state index contributed by atoms with van der Waals surface area (Å²) in [5.41, 5.74) is 4.34. The van der Waals surface area contributed by atoms with Crippen molar-refractivity contribution in [2.24, 2.45) is 28.6 Å². The Labute approximate surface area is 185 Å². The largest absolute Gasteiger partial charge is 0.377 e. The summed E-state index contributed by atoms with van der Waals surface area (Å²) in [6, 6.07) is 7.07. The van der Waals surface area contributed by atoms with E-state index in [1.165, 1.54) is 22.3 Å². The number of carbonyl (C=O) groups excluding carboxylic acids is 1. The Morgan fingerprint density at radius 1 is 1.29 bits per heavy atom. The van der Waals surface area contributed by atoms with E-state index in [2.05, 4.69) is 44.0 Å². The number of aliphatic hydroxyl groups is 1. The maximum atomic E-state index is 12.3. The number of carbonyl (C=O) groups is 1. The fourth-order valence-corrected chi connectivity index (χ4v) is 8.72. The predicted octanol–water partition coefficient (Wildman–Crippen LogP) is 5.15. The van der Waals surface area contributed by atoms with Crippen LogP contribution in [-0.2, 0) is 17.6 Å². The highest BCUT2D eigenvalue weighted by Crippen LogP contribution is 2.72. The van der Waals surface area contributed by atoms with Crippen molar-refractivity contribution in [1.29, 1.82) is 0 Å². The quantitative estimate of drug-likeness (QED) is 0.648. The maximum Gasteiger partial charge on any atom is 0.178 e. The fourth-order valence-electron chi connectivity index (χ4n) is 8.72. The van der Waals surface area contributed by atoms with Gasteiger partial charge in [0, 0.05) is 10.8 Å². The van der Waals surface area contributed by atoms with Crippen molar-refractivity contribution in [3.63, 3.8) is 0 Å². The minimum atomic E-state index is -1.01. The second-order valence-corrected chi connectivity index (χ2v) is 11.1. The summed E-state index contributed by atoms with van der Waals surface area (Å²) in [5, 5.41) is 11.5. The third-order valence-electron chi connectivity index (χ3n) is 10.2. The van der Waals surface area contributed by atoms with Crippen LogP contribution in [0.3, 0.4) is 0 Å². The molecule has 6 rings (SSSR count). The number of aryl methyl sites for hydroxylation is 1. The van der Waals surface area contributed by atoms with Gasteiger partial charge >= 0.3 is 0 Å². The molecule has 1 aromatic rings. The lowest BCUT2D eigenvalue weighted by atomic mass is 9.40. The van der Waals surface area contributed by atoms with Crippen LogP contribution in [0.1, 0.15) is 68.6 Å². The van der Waals surface area contributed by atoms with Crippen LogP contribution in [0.2, 0.25) is 0 Å². The molecule has 0 saturated heterocycles. The first-order valence-electron chi connectivity index (χ1n) is 12.1. The van der Waals surface area contributed by atoms with Crippen molar-refractivity contribution in [2.75, 3.05) is 0 Å². The van der Waals surface area contributed by atoms with Gasteiger partial charge in [-0.05, 0) is 97.5 Å². The molecule has 0 aliphatic heterocycles. The second-order valence-electron chi connectivity index (χ2n) is 11.1. The molecule has 1 spiro atoms. The van der Waals surface area contributed by atoms with Crippen molar-refractivity contribution in [3.05, 3.63) is 58.7 Å². The lowest BCUT2D eigenvalue weighted by molar-refractivity contribution is -0.113. The van der Waals surface area contributed by atoms with Crippen molar-refractivity contribution in [2.45, 2.75) is 70.3 Å². The summed E-state index contributed by atoms with van der Waals surface area (Å²) in [6.07, 6.45) is 18.8. The topological polar surface area (TPSA) is 37.3 Å². The zero-order valence-electron chi connectivity index (χ0n) is 18.7. The number of terminal acetylenes is 1. The normalized spacial score (nSPS) is 44.5. The minimum absolute atomic E-state index is 0.0426. The van der Waals surface area contributed by atoms with E-state index in [1.54, 1.807) is 0 Å². The van der Waals surface area contributed by atoms with Gasteiger partial charge in [-0.25, -0.2) is 0 Å². The number of hydrogen-bond acceptors (Lipinski definition) is 2. The molecule has 5 aliphatic rings. The first-order valence-corrected chi connectivity index (χ1v) is 12.1. The molecule has 0 aromatic heterocycles. The van der Waals surface area contributed by atoms with Gasteiger partial charge in [0.05, 0.1) is 0 Å². The first-order chi connectivity index (χ1) is 14.8. The van der Waals surface area contributed by atoms with E-state index in [0.717, 1.165) is 38.5 Å². The lowest BCUT2D eigenvalue weighted by Gasteiger charge is -2.63. The summed E-state index contributed by atoms with van der Waals surface area (Å²) in [4.78, 5) is 12.3. The molecular weight excluding hydrogens is 380 g/mol. The summed E-state index contributed by atoms with van der Waals surface area (Å²) in [5.74, 6) is 4.85. The van der Waals surface area contributed by atoms with Gasteiger partial charge < -0.3 is 5.11 Å². The highest BCUT2D eigenvalue weighted by atomic mass is 16.3. The molecule has 3 fully saturated rings. The number of fused-ring (bicyclic) bond motifs is 4. The SMILES string of the molecule is C#C[C@]1(O)CC[C@H]2[C@@H]3CCC4=CC(=O)C=C[C@@]45Cc4cc(CC)ccc4C(C[C@@]21C)C35. The standard InChI is InChI=1S/C29H32O2/c1-4-18-6-8-22-19(14-18)16-28-12-10-21(30)15-20(28)7-9-23-25-11-13-29(31,5-2)27(25,3)17-24(22)26(23)28/h2,6,8,10,12,14-15,23-26,31H,4,7,9,11,13,16-17H2,1,3H3/t23-,24?,25-,26?,27-,28+,29-/m0/s1. The molecule has 0 amide bonds. The Morgan fingerprint density at radius 2 is 2.13 bits per heavy atom. The predicted molar refractivity (Wildman–Crippen MR) is 122 cm³/mol. The Morgan fingerprint density at radius 3 is 2.90 bits per heavy atom. The highest BCUT2D eigenvalue weighted by Gasteiger charge is 2.67. The van der Waals surface area contributed by atoms with E-state index in [4.69, 9.17) is 6.42 Å². The minimum Gasteiger partial charge on any atom is -0.377 e. The summed E-state index contributed by atoms with van der Waals surface area (Å²) >= 11 is 0. The number of rotatable bonds is 1. The van der Waals surface area contributed by atoms with Crippen LogP contribution >= 0.6 is 0 Å². The van der Waals surface area contributed by atoms with E-state index in [-0.39, 0.29) is 16.6 Å². The summed E-state index contributed by atoms with van der Waals surface area (Å²) in [6.45, 7) is 4.48. The maximum absolute atomic E-state index is 12.3. The monoisotopic (exact) mass is 412 g/mol. The van der Waals surface area contributed by atoms with Crippen LogP contribution in [0.4, 0.5) is 0 Å². The summed E-state index contributed by atoms with van der Waals surface area (Å²) < 4.78 is 0. The molecule has 2 heteroatoms. The number of allylic oxidation sites excluding steroid dienone is 4. The van der Waals surface area contributed by atoms with Crippen LogP contribution in [-0.4, -0.2) is 16.5 Å². The van der Waals surface area contributed by atoms with Crippen molar-refractivity contribution >= 4 is 5.78 Å². The number of hydrogen-bond donors (Lipinski definition) is 1. The molecule has 2 nitrogen and oxygen atoms in total. The average Bonchev–Trinajstić information content (AvgIpc) is 3.04. The third kappa shape index (κ3) is 2.31. The van der Waals surface area contributed by atoms with Crippen molar-refractivity contribution < 1.29 is 9.90 Å². The van der Waals surface area contributed by atoms with E-state index in [9.17, 15) is 9.90 Å². The molecule has 160 valence electrons. The molecule has 2 unspecified atom stereocenters. The molecule has 1 aromatic carbocycles. The molecule has 0 radical (unpaired) electrons. The Hall–Kier alpha value is -2.11. The van der Waals surface area contributed by atoms with Crippen LogP contribution < -0.4 is 0 Å². The van der Waals surface area contributed by atoms with Crippen LogP contribution in [0.15, 0.2) is 42.0 Å². The zero-order valence-corrected chi connectivity index (χ0v) is 18.7. The van der Waals surface area contributed by atoms with Gasteiger partial charge in [0.2, 0.25) is 0 Å². The zero-order chi connectivity index (χ0) is 21.6. The third-order valence-corrected chi connectivity index (χ3v) is 10.2. The lowest BCUT2D eigenvalue weighted by Crippen LogP contribution is -2.59.